The molecule has 0 saturated carbocycles. The first-order valence-electron chi connectivity index (χ1n) is 24.3. The van der Waals surface area contributed by atoms with Crippen molar-refractivity contribution in [2.75, 3.05) is 0 Å². The van der Waals surface area contributed by atoms with Crippen LogP contribution in [-0.4, -0.2) is 54.0 Å². The zero-order valence-electron chi connectivity index (χ0n) is 40.7. The Morgan fingerprint density at radius 1 is 0.324 bits per heavy atom. The lowest BCUT2D eigenvalue weighted by molar-refractivity contribution is 0.928. The van der Waals surface area contributed by atoms with Crippen LogP contribution < -0.4 is 0 Å². The smallest absolute Gasteiger partial charge is 0.197 e. The number of benzene rings is 8. The first-order valence-corrected chi connectivity index (χ1v) is 24.3. The van der Waals surface area contributed by atoms with Crippen LogP contribution in [0, 0.1) is 34.3 Å². The van der Waals surface area contributed by atoms with Crippen molar-refractivity contribution in [1.29, 1.82) is 0 Å². The van der Waals surface area contributed by atoms with E-state index in [2.05, 4.69) is 133 Å². The maximum absolute atomic E-state index is 8.98. The van der Waals surface area contributed by atoms with Crippen LogP contribution in [0.3, 0.4) is 0 Å². The molecule has 12 heteroatoms. The van der Waals surface area contributed by atoms with Gasteiger partial charge in [0.25, 0.3) is 0 Å². The average molecular weight is 955 g/mol. The molecule has 0 N–H and O–H groups in total. The molecule has 13 aromatic rings. The third-order valence-electron chi connectivity index (χ3n) is 13.4. The number of para-hydroxylation sites is 2. The summed E-state index contributed by atoms with van der Waals surface area (Å²) in [6, 6.07) is 61.8. The first-order chi connectivity index (χ1) is 36.3. The second kappa shape index (κ2) is 17.6. The van der Waals surface area contributed by atoms with Crippen molar-refractivity contribution < 1.29 is 0 Å². The molecule has 0 radical (unpaired) electrons. The molecule has 13 rings (SSSR count). The molecule has 0 spiro atoms. The minimum Gasteiger partial charge on any atom is -0.310 e. The van der Waals surface area contributed by atoms with Gasteiger partial charge in [-0.25, -0.2) is 49.7 Å². The quantitative estimate of drug-likeness (QED) is 0.137. The number of rotatable bonds is 8. The summed E-state index contributed by atoms with van der Waals surface area (Å²) in [7, 11) is 0. The van der Waals surface area contributed by atoms with Crippen LogP contribution in [0.2, 0.25) is 0 Å². The molecule has 350 valence electrons. The number of hydrogen-bond acceptors (Lipinski definition) is 9. The van der Waals surface area contributed by atoms with Crippen molar-refractivity contribution in [3.63, 3.8) is 0 Å². The predicted molar refractivity (Wildman–Crippen MR) is 293 cm³/mol. The molecular weight excluding hydrogens is 913 g/mol. The molecule has 0 amide bonds. The third-order valence-corrected chi connectivity index (χ3v) is 13.4. The lowest BCUT2D eigenvalue weighted by Gasteiger charge is -2.22. The van der Waals surface area contributed by atoms with Gasteiger partial charge in [0.1, 0.15) is 23.3 Å². The van der Waals surface area contributed by atoms with Gasteiger partial charge in [0.2, 0.25) is 0 Å². The zero-order chi connectivity index (χ0) is 50.0. The topological polar surface area (TPSA) is 130 Å². The van der Waals surface area contributed by atoms with E-state index >= 15 is 0 Å². The Kier molecular flexibility index (Phi) is 10.4. The van der Waals surface area contributed by atoms with Crippen LogP contribution in [0.4, 0.5) is 5.69 Å². The predicted octanol–water partition coefficient (Wildman–Crippen LogP) is 14.2. The van der Waals surface area contributed by atoms with Gasteiger partial charge in [0.05, 0.1) is 34.3 Å². The number of aryl methyl sites for hydroxylation is 4. The van der Waals surface area contributed by atoms with E-state index in [-0.39, 0.29) is 0 Å². The van der Waals surface area contributed by atoms with E-state index in [1.165, 1.54) is 0 Å². The van der Waals surface area contributed by atoms with Crippen LogP contribution in [0.25, 0.3) is 128 Å². The number of hydrogen-bond donors (Lipinski definition) is 0. The summed E-state index contributed by atoms with van der Waals surface area (Å²) in [5, 5.41) is 4.12. The van der Waals surface area contributed by atoms with Gasteiger partial charge in [0, 0.05) is 66.2 Å². The molecule has 5 aromatic heterocycles. The molecule has 0 saturated heterocycles. The summed E-state index contributed by atoms with van der Waals surface area (Å²) < 4.78 is 4.58. The van der Waals surface area contributed by atoms with E-state index in [4.69, 9.17) is 41.5 Å². The molecule has 0 aliphatic heterocycles. The molecular formula is C62H42N12. The van der Waals surface area contributed by atoms with E-state index in [0.717, 1.165) is 88.4 Å². The van der Waals surface area contributed by atoms with Crippen molar-refractivity contribution in [1.82, 2.24) is 54.0 Å². The Morgan fingerprint density at radius 3 is 1.22 bits per heavy atom. The standard InChI is InChI=1S/C62H42N12/c1-36-64-37(2)67-60(66-36)42-30-32-52-47(34-42)44-22-12-14-26-50(44)73(52)54-28-16-24-46(62-71-58(40-18-8-6-9-19-40)70-59(72-62)41-20-10-7-11-21-41)56(54)57-49(63-5)25-17-29-55(57)74-51-27-15-13-23-45(51)48-35-43(31-33-53(48)74)61-68-38(3)65-39(4)69-61/h6-35H,1-4H3. The summed E-state index contributed by atoms with van der Waals surface area (Å²) in [6.07, 6.45) is 0. The highest BCUT2D eigenvalue weighted by Crippen LogP contribution is 2.48. The third kappa shape index (κ3) is 7.41. The molecule has 74 heavy (non-hydrogen) atoms. The van der Waals surface area contributed by atoms with Crippen LogP contribution in [0.5, 0.6) is 0 Å². The largest absolute Gasteiger partial charge is 0.310 e. The Hall–Kier alpha value is -10.1. The Bertz CT molecular complexity index is 4340. The molecule has 0 unspecified atom stereocenters. The van der Waals surface area contributed by atoms with E-state index in [9.17, 15) is 0 Å². The second-order valence-electron chi connectivity index (χ2n) is 18.2. The molecule has 0 fully saturated rings. The maximum atomic E-state index is 8.98. The van der Waals surface area contributed by atoms with Crippen molar-refractivity contribution >= 4 is 49.3 Å². The fourth-order valence-corrected chi connectivity index (χ4v) is 10.4. The van der Waals surface area contributed by atoms with Crippen molar-refractivity contribution in [2.24, 2.45) is 0 Å². The average Bonchev–Trinajstić information content (AvgIpc) is 3.95. The second-order valence-corrected chi connectivity index (χ2v) is 18.2. The van der Waals surface area contributed by atoms with Crippen molar-refractivity contribution in [3.05, 3.63) is 217 Å². The molecule has 8 aromatic carbocycles. The van der Waals surface area contributed by atoms with Crippen molar-refractivity contribution in [2.45, 2.75) is 27.7 Å². The Labute approximate surface area is 425 Å². The minimum atomic E-state index is 0.457. The van der Waals surface area contributed by atoms with Gasteiger partial charge in [-0.3, -0.25) is 0 Å². The molecule has 0 atom stereocenters. The summed E-state index contributed by atoms with van der Waals surface area (Å²) in [6.45, 7) is 16.5. The molecule has 0 bridgehead atoms. The minimum absolute atomic E-state index is 0.457. The van der Waals surface area contributed by atoms with Gasteiger partial charge >= 0.3 is 0 Å². The number of fused-ring (bicyclic) bond motifs is 6. The van der Waals surface area contributed by atoms with Crippen LogP contribution in [0.15, 0.2) is 182 Å². The van der Waals surface area contributed by atoms with E-state index in [1.54, 1.807) is 0 Å². The molecule has 12 nitrogen and oxygen atoms in total. The Balaban J connectivity index is 1.15. The highest BCUT2D eigenvalue weighted by molar-refractivity contribution is 6.14. The summed E-state index contributed by atoms with van der Waals surface area (Å²) in [5.74, 6) is 5.37. The lowest BCUT2D eigenvalue weighted by atomic mass is 9.93. The highest BCUT2D eigenvalue weighted by Gasteiger charge is 2.27. The normalized spacial score (nSPS) is 11.5. The van der Waals surface area contributed by atoms with E-state index in [1.807, 2.05) is 100 Å². The zero-order valence-corrected chi connectivity index (χ0v) is 40.7. The fourth-order valence-electron chi connectivity index (χ4n) is 10.4. The summed E-state index contributed by atoms with van der Waals surface area (Å²) in [5.41, 5.74) is 11.6. The maximum Gasteiger partial charge on any atom is 0.197 e. The fraction of sp³-hybridized carbons (Fsp3) is 0.0645. The van der Waals surface area contributed by atoms with Crippen LogP contribution >= 0.6 is 0 Å². The highest BCUT2D eigenvalue weighted by atomic mass is 15.1. The summed E-state index contributed by atoms with van der Waals surface area (Å²) >= 11 is 0. The van der Waals surface area contributed by atoms with Gasteiger partial charge in [-0.2, -0.15) is 0 Å². The van der Waals surface area contributed by atoms with Gasteiger partial charge < -0.3 is 9.13 Å². The van der Waals surface area contributed by atoms with Crippen molar-refractivity contribution in [3.8, 4) is 79.4 Å². The van der Waals surface area contributed by atoms with Gasteiger partial charge in [-0.05, 0) is 88.4 Å². The van der Waals surface area contributed by atoms with Gasteiger partial charge in [-0.15, -0.1) is 0 Å². The van der Waals surface area contributed by atoms with Crippen LogP contribution in [0.1, 0.15) is 23.3 Å². The SMILES string of the molecule is [C-]#[N+]c1cccc(-n2c3ccccc3c3cc(-c4nc(C)nc(C)n4)ccc32)c1-c1c(-c2nc(-c3ccccc3)nc(-c3ccccc3)n2)cccc1-n1c2ccccc2c2cc(-c3nc(C)nc(C)n3)ccc21. The monoisotopic (exact) mass is 954 g/mol. The van der Waals surface area contributed by atoms with E-state index < -0.39 is 0 Å². The van der Waals surface area contributed by atoms with Gasteiger partial charge in [-0.1, -0.05) is 121 Å². The molecule has 0 aliphatic carbocycles. The Morgan fingerprint density at radius 2 is 0.730 bits per heavy atom. The molecule has 0 aliphatic rings. The van der Waals surface area contributed by atoms with Gasteiger partial charge in [0.15, 0.2) is 34.8 Å². The number of aromatic nitrogens is 11. The van der Waals surface area contributed by atoms with E-state index in [0.29, 0.717) is 63.7 Å². The number of nitrogens with zero attached hydrogens (tertiary/aromatic N) is 12. The summed E-state index contributed by atoms with van der Waals surface area (Å²) in [4.78, 5) is 48.0. The molecule has 5 heterocycles. The lowest BCUT2D eigenvalue weighted by Crippen LogP contribution is -2.06. The van der Waals surface area contributed by atoms with Crippen LogP contribution in [-0.2, 0) is 0 Å². The first kappa shape index (κ1) is 43.9.